The van der Waals surface area contributed by atoms with Crippen LogP contribution in [0, 0.1) is 0 Å². The van der Waals surface area contributed by atoms with Gasteiger partial charge in [0.2, 0.25) is 5.91 Å². The Balaban J connectivity index is 1.43. The van der Waals surface area contributed by atoms with E-state index in [2.05, 4.69) is 22.1 Å². The molecule has 26 heavy (non-hydrogen) atoms. The summed E-state index contributed by atoms with van der Waals surface area (Å²) in [6.07, 6.45) is 4.02. The van der Waals surface area contributed by atoms with Crippen molar-refractivity contribution in [1.82, 2.24) is 19.6 Å². The lowest BCUT2D eigenvalue weighted by Crippen LogP contribution is -2.45. The Morgan fingerprint density at radius 3 is 2.81 bits per heavy atom. The second kappa shape index (κ2) is 7.78. The molecule has 0 spiro atoms. The van der Waals surface area contributed by atoms with E-state index in [1.54, 1.807) is 6.20 Å². The van der Waals surface area contributed by atoms with E-state index in [1.807, 2.05) is 34.0 Å². The molecule has 2 saturated heterocycles. The fraction of sp³-hybridized carbons (Fsp3) is 0.474. The number of ether oxygens (including phenoxy) is 1. The van der Waals surface area contributed by atoms with E-state index in [1.165, 1.54) is 0 Å². The average molecular weight is 375 g/mol. The normalized spacial score (nSPS) is 23.9. The zero-order chi connectivity index (χ0) is 17.9. The number of likely N-dealkylation sites (tertiary alicyclic amines) is 1. The highest BCUT2D eigenvalue weighted by Gasteiger charge is 2.41. The van der Waals surface area contributed by atoms with E-state index < -0.39 is 0 Å². The Bertz CT molecular complexity index is 751. The number of amides is 1. The van der Waals surface area contributed by atoms with E-state index in [0.29, 0.717) is 24.6 Å². The second-order valence-electron chi connectivity index (χ2n) is 6.92. The van der Waals surface area contributed by atoms with Crippen molar-refractivity contribution in [3.63, 3.8) is 0 Å². The second-order valence-corrected chi connectivity index (χ2v) is 7.35. The lowest BCUT2D eigenvalue weighted by molar-refractivity contribution is -0.133. The highest BCUT2D eigenvalue weighted by molar-refractivity contribution is 6.30. The van der Waals surface area contributed by atoms with Crippen LogP contribution >= 0.6 is 11.6 Å². The Hall–Kier alpha value is -1.89. The number of halogens is 1. The van der Waals surface area contributed by atoms with E-state index >= 15 is 0 Å². The third-order valence-electron chi connectivity index (χ3n) is 5.12. The molecule has 0 bridgehead atoms. The van der Waals surface area contributed by atoms with E-state index in [4.69, 9.17) is 16.3 Å². The van der Waals surface area contributed by atoms with Gasteiger partial charge >= 0.3 is 0 Å². The van der Waals surface area contributed by atoms with Gasteiger partial charge in [0.25, 0.3) is 0 Å². The number of hydrogen-bond acceptors (Lipinski definition) is 4. The predicted octanol–water partition coefficient (Wildman–Crippen LogP) is 2.04. The first-order valence-electron chi connectivity index (χ1n) is 9.04. The van der Waals surface area contributed by atoms with Crippen LogP contribution in [0.25, 0.3) is 0 Å². The first kappa shape index (κ1) is 17.5. The first-order chi connectivity index (χ1) is 12.7. The Morgan fingerprint density at radius 1 is 1.19 bits per heavy atom. The van der Waals surface area contributed by atoms with Crippen LogP contribution in [0.3, 0.4) is 0 Å². The van der Waals surface area contributed by atoms with E-state index in [0.717, 1.165) is 31.7 Å². The zero-order valence-electron chi connectivity index (χ0n) is 14.6. The summed E-state index contributed by atoms with van der Waals surface area (Å²) in [6.45, 7) is 4.47. The number of aromatic nitrogens is 2. The van der Waals surface area contributed by atoms with E-state index in [-0.39, 0.29) is 18.1 Å². The number of benzene rings is 1. The number of fused-ring (bicyclic) bond motifs is 1. The average Bonchev–Trinajstić information content (AvgIpc) is 3.21. The molecular formula is C19H23ClN4O2. The summed E-state index contributed by atoms with van der Waals surface area (Å²) in [6, 6.07) is 10.3. The summed E-state index contributed by atoms with van der Waals surface area (Å²) in [7, 11) is 0. The smallest absolute Gasteiger partial charge is 0.225 e. The van der Waals surface area contributed by atoms with Crippen LogP contribution in [0.15, 0.2) is 42.7 Å². The fourth-order valence-corrected chi connectivity index (χ4v) is 3.95. The van der Waals surface area contributed by atoms with Crippen LogP contribution in [-0.4, -0.2) is 63.9 Å². The van der Waals surface area contributed by atoms with Crippen LogP contribution in [0.4, 0.5) is 0 Å². The van der Waals surface area contributed by atoms with Crippen LogP contribution in [0.2, 0.25) is 5.02 Å². The predicted molar refractivity (Wildman–Crippen MR) is 98.8 cm³/mol. The SMILES string of the molecule is O=C1CCO[C@H]2CN(CCn3cc(Cl)cn3)C[C@@H]2N1Cc1ccccc1. The minimum Gasteiger partial charge on any atom is -0.374 e. The lowest BCUT2D eigenvalue weighted by Gasteiger charge is -2.30. The van der Waals surface area contributed by atoms with Crippen LogP contribution in [0.5, 0.6) is 0 Å². The third kappa shape index (κ3) is 3.92. The summed E-state index contributed by atoms with van der Waals surface area (Å²) >= 11 is 5.92. The van der Waals surface area contributed by atoms with Crippen molar-refractivity contribution in [2.45, 2.75) is 31.7 Å². The molecule has 1 aromatic heterocycles. The third-order valence-corrected chi connectivity index (χ3v) is 5.32. The van der Waals surface area contributed by atoms with E-state index in [9.17, 15) is 4.79 Å². The van der Waals surface area contributed by atoms with Gasteiger partial charge < -0.3 is 9.64 Å². The number of nitrogens with zero attached hydrogens (tertiary/aromatic N) is 4. The standard InChI is InChI=1S/C19H23ClN4O2/c20-16-10-21-23(12-16)8-7-22-13-17-18(14-22)26-9-6-19(25)24(17)11-15-4-2-1-3-5-15/h1-5,10,12,17-18H,6-9,11,13-14H2/t17-,18-/m0/s1. The highest BCUT2D eigenvalue weighted by Crippen LogP contribution is 2.25. The molecule has 4 rings (SSSR count). The van der Waals surface area contributed by atoms with Gasteiger partial charge in [-0.25, -0.2) is 0 Å². The molecule has 0 radical (unpaired) electrons. The maximum absolute atomic E-state index is 12.6. The summed E-state index contributed by atoms with van der Waals surface area (Å²) in [5, 5.41) is 4.88. The van der Waals surface area contributed by atoms with Crippen molar-refractivity contribution in [3.05, 3.63) is 53.3 Å². The van der Waals surface area contributed by atoms with Crippen molar-refractivity contribution >= 4 is 17.5 Å². The molecule has 7 heteroatoms. The molecular weight excluding hydrogens is 352 g/mol. The monoisotopic (exact) mass is 374 g/mol. The van der Waals surface area contributed by atoms with Gasteiger partial charge in [-0.3, -0.25) is 14.4 Å². The molecule has 2 aliphatic heterocycles. The zero-order valence-corrected chi connectivity index (χ0v) is 15.4. The molecule has 2 fully saturated rings. The van der Waals surface area contributed by atoms with Crippen molar-refractivity contribution < 1.29 is 9.53 Å². The Kier molecular flexibility index (Phi) is 5.24. The quantitative estimate of drug-likeness (QED) is 0.803. The lowest BCUT2D eigenvalue weighted by atomic mass is 10.1. The van der Waals surface area contributed by atoms with Crippen molar-refractivity contribution in [1.29, 1.82) is 0 Å². The molecule has 138 valence electrons. The molecule has 3 heterocycles. The summed E-state index contributed by atoms with van der Waals surface area (Å²) in [5.74, 6) is 0.182. The number of hydrogen-bond donors (Lipinski definition) is 0. The number of carbonyl (C=O) groups excluding carboxylic acids is 1. The number of carbonyl (C=O) groups is 1. The topological polar surface area (TPSA) is 50.6 Å². The Morgan fingerprint density at radius 2 is 2.04 bits per heavy atom. The van der Waals surface area contributed by atoms with Gasteiger partial charge in [-0.05, 0) is 5.56 Å². The first-order valence-corrected chi connectivity index (χ1v) is 9.42. The van der Waals surface area contributed by atoms with Gasteiger partial charge in [-0.15, -0.1) is 0 Å². The Labute approximate surface area is 158 Å². The van der Waals surface area contributed by atoms with Crippen molar-refractivity contribution in [2.75, 3.05) is 26.2 Å². The maximum atomic E-state index is 12.6. The molecule has 0 aliphatic carbocycles. The van der Waals surface area contributed by atoms with Crippen molar-refractivity contribution in [2.24, 2.45) is 0 Å². The highest BCUT2D eigenvalue weighted by atomic mass is 35.5. The van der Waals surface area contributed by atoms with Crippen molar-refractivity contribution in [3.8, 4) is 0 Å². The van der Waals surface area contributed by atoms with Gasteiger partial charge in [-0.2, -0.15) is 5.10 Å². The minimum absolute atomic E-state index is 0.0753. The fourth-order valence-electron chi connectivity index (χ4n) is 3.79. The van der Waals surface area contributed by atoms with Crippen LogP contribution < -0.4 is 0 Å². The summed E-state index contributed by atoms with van der Waals surface area (Å²) < 4.78 is 7.86. The molecule has 6 nitrogen and oxygen atoms in total. The van der Waals surface area contributed by atoms with Gasteiger partial charge in [0.1, 0.15) is 0 Å². The number of rotatable bonds is 5. The molecule has 0 N–H and O–H groups in total. The molecule has 0 saturated carbocycles. The molecule has 2 atom stereocenters. The van der Waals surface area contributed by atoms with Crippen LogP contribution in [0.1, 0.15) is 12.0 Å². The molecule has 2 aliphatic rings. The largest absolute Gasteiger partial charge is 0.374 e. The summed E-state index contributed by atoms with van der Waals surface area (Å²) in [4.78, 5) is 17.0. The molecule has 2 aromatic rings. The molecule has 1 amide bonds. The van der Waals surface area contributed by atoms with Gasteiger partial charge in [0, 0.05) is 32.4 Å². The molecule has 1 aromatic carbocycles. The minimum atomic E-state index is 0.0753. The van der Waals surface area contributed by atoms with Gasteiger partial charge in [0.15, 0.2) is 0 Å². The van der Waals surface area contributed by atoms with Gasteiger partial charge in [-0.1, -0.05) is 41.9 Å². The summed E-state index contributed by atoms with van der Waals surface area (Å²) in [5.41, 5.74) is 1.16. The van der Waals surface area contributed by atoms with Gasteiger partial charge in [0.05, 0.1) is 42.9 Å². The van der Waals surface area contributed by atoms with Crippen LogP contribution in [-0.2, 0) is 22.6 Å². The molecule has 0 unspecified atom stereocenters. The maximum Gasteiger partial charge on any atom is 0.225 e.